The molecule has 0 aromatic rings. The summed E-state index contributed by atoms with van der Waals surface area (Å²) in [5.41, 5.74) is 0. The topological polar surface area (TPSA) is 0 Å². The molecule has 0 saturated heterocycles. The summed E-state index contributed by atoms with van der Waals surface area (Å²) in [6, 6.07) is 0. The van der Waals surface area contributed by atoms with Gasteiger partial charge in [-0.15, -0.1) is 7.77 Å². The number of hydrogen-bond donors (Lipinski definition) is 0. The summed E-state index contributed by atoms with van der Waals surface area (Å²) in [7, 11) is 0.586. The standard InChI is InChI=1S/CH3ClF2S/c1-5(2,3)4/h1H3. The third kappa shape index (κ3) is 113. The molecule has 0 saturated carbocycles. The first kappa shape index (κ1) is 5.50. The highest BCUT2D eigenvalue weighted by Crippen LogP contribution is 2.52. The molecule has 0 aromatic carbocycles. The van der Waals surface area contributed by atoms with Crippen LogP contribution >= 0.6 is 20.7 Å². The SMILES string of the molecule is CS(F)(F)Cl. The van der Waals surface area contributed by atoms with Crippen molar-refractivity contribution in [3.05, 3.63) is 0 Å². The molecule has 0 aliphatic rings. The predicted molar refractivity (Wildman–Crippen MR) is 21.6 cm³/mol. The highest BCUT2D eigenvalue weighted by Gasteiger charge is 2.04. The highest BCUT2D eigenvalue weighted by atomic mass is 35.7. The molecule has 0 nitrogen and oxygen atoms in total. The number of halogens is 3. The van der Waals surface area contributed by atoms with E-state index in [0.717, 1.165) is 0 Å². The Morgan fingerprint density at radius 2 is 1.60 bits per heavy atom. The van der Waals surface area contributed by atoms with E-state index in [0.29, 0.717) is 6.26 Å². The maximum absolute atomic E-state index is 10.9. The van der Waals surface area contributed by atoms with E-state index in [1.807, 2.05) is 0 Å². The van der Waals surface area contributed by atoms with Crippen molar-refractivity contribution in [1.29, 1.82) is 0 Å². The van der Waals surface area contributed by atoms with Gasteiger partial charge in [0.05, 0.1) is 0 Å². The van der Waals surface area contributed by atoms with Crippen molar-refractivity contribution in [3.8, 4) is 0 Å². The van der Waals surface area contributed by atoms with E-state index < -0.39 is 10.0 Å². The second-order valence-corrected chi connectivity index (χ2v) is 3.54. The van der Waals surface area contributed by atoms with Gasteiger partial charge in [-0.1, -0.05) is 0 Å². The van der Waals surface area contributed by atoms with Gasteiger partial charge in [-0.2, -0.15) is 0 Å². The van der Waals surface area contributed by atoms with E-state index in [2.05, 4.69) is 10.7 Å². The molecule has 0 rings (SSSR count). The van der Waals surface area contributed by atoms with Crippen LogP contribution in [-0.4, -0.2) is 6.26 Å². The van der Waals surface area contributed by atoms with Crippen LogP contribution in [0.3, 0.4) is 0 Å². The molecule has 5 heavy (non-hydrogen) atoms. The largest absolute Gasteiger partial charge is 0.142 e. The Hall–Kier alpha value is 0.500. The van der Waals surface area contributed by atoms with Crippen molar-refractivity contribution in [2.45, 2.75) is 0 Å². The molecule has 0 heterocycles. The molecule has 0 aromatic heterocycles. The first-order valence-electron chi connectivity index (χ1n) is 0.871. The molecule has 0 atom stereocenters. The van der Waals surface area contributed by atoms with E-state index >= 15 is 0 Å². The fourth-order valence-corrected chi connectivity index (χ4v) is 0. The number of rotatable bonds is 0. The lowest BCUT2D eigenvalue weighted by atomic mass is 12.0. The molecule has 4 heteroatoms. The fourth-order valence-electron chi connectivity index (χ4n) is 0. The minimum Gasteiger partial charge on any atom is -0.142 e. The van der Waals surface area contributed by atoms with Gasteiger partial charge in [-0.3, -0.25) is 0 Å². The first-order chi connectivity index (χ1) is 2.00. The van der Waals surface area contributed by atoms with Gasteiger partial charge in [0.25, 0.3) is 0 Å². The van der Waals surface area contributed by atoms with E-state index in [1.165, 1.54) is 0 Å². The quantitative estimate of drug-likeness (QED) is 0.460. The van der Waals surface area contributed by atoms with Crippen molar-refractivity contribution >= 4 is 20.7 Å². The maximum Gasteiger partial charge on any atom is 0.136 e. The summed E-state index contributed by atoms with van der Waals surface area (Å²) in [4.78, 5) is 0. The Labute approximate surface area is 35.5 Å². The molecular weight excluding hydrogens is 118 g/mol. The molecule has 34 valence electrons. The van der Waals surface area contributed by atoms with Gasteiger partial charge in [0.2, 0.25) is 0 Å². The summed E-state index contributed by atoms with van der Waals surface area (Å²) in [6.07, 6.45) is 0.703. The van der Waals surface area contributed by atoms with E-state index in [1.54, 1.807) is 0 Å². The van der Waals surface area contributed by atoms with Gasteiger partial charge in [0.15, 0.2) is 0 Å². The summed E-state index contributed by atoms with van der Waals surface area (Å²) in [5.74, 6) is 0. The Kier molecular flexibility index (Phi) is 1.44. The minimum atomic E-state index is -3.69. The zero-order chi connectivity index (χ0) is 4.50. The molecule has 0 spiro atoms. The van der Waals surface area contributed by atoms with Gasteiger partial charge in [-0.25, -0.2) is 0 Å². The van der Waals surface area contributed by atoms with Crippen LogP contribution in [0.2, 0.25) is 0 Å². The zero-order valence-electron chi connectivity index (χ0n) is 2.54. The molecule has 0 N–H and O–H groups in total. The van der Waals surface area contributed by atoms with Crippen LogP contribution in [0, 0.1) is 0 Å². The molecule has 0 bridgehead atoms. The van der Waals surface area contributed by atoms with Crippen LogP contribution in [0.1, 0.15) is 0 Å². The second-order valence-electron chi connectivity index (χ2n) is 0.638. The normalized spacial score (nSPS) is 15.2. The highest BCUT2D eigenvalue weighted by molar-refractivity contribution is 8.43. The lowest BCUT2D eigenvalue weighted by molar-refractivity contribution is 0.782. The summed E-state index contributed by atoms with van der Waals surface area (Å²) >= 11 is 0. The Morgan fingerprint density at radius 1 is 1.60 bits per heavy atom. The van der Waals surface area contributed by atoms with Crippen molar-refractivity contribution < 1.29 is 7.77 Å². The van der Waals surface area contributed by atoms with Crippen molar-refractivity contribution in [3.63, 3.8) is 0 Å². The Balaban J connectivity index is 3.02. The van der Waals surface area contributed by atoms with Crippen LogP contribution in [0.5, 0.6) is 0 Å². The molecule has 0 radical (unpaired) electrons. The molecule has 0 unspecified atom stereocenters. The summed E-state index contributed by atoms with van der Waals surface area (Å²) in [5, 5.41) is 0. The maximum atomic E-state index is 10.9. The molecule has 0 aliphatic heterocycles. The third-order valence-electron chi connectivity index (χ3n) is 0. The minimum absolute atomic E-state index is 0.703. The van der Waals surface area contributed by atoms with Crippen molar-refractivity contribution in [2.75, 3.05) is 6.26 Å². The monoisotopic (exact) mass is 120 g/mol. The summed E-state index contributed by atoms with van der Waals surface area (Å²) in [6.45, 7) is 0. The molecular formula is CH3ClF2S. The molecule has 0 fully saturated rings. The van der Waals surface area contributed by atoms with Gasteiger partial charge in [-0.05, 0) is 10.7 Å². The second kappa shape index (κ2) is 1.30. The van der Waals surface area contributed by atoms with Crippen LogP contribution < -0.4 is 0 Å². The van der Waals surface area contributed by atoms with E-state index in [4.69, 9.17) is 0 Å². The molecule has 0 amide bonds. The van der Waals surface area contributed by atoms with Crippen LogP contribution in [0.15, 0.2) is 0 Å². The van der Waals surface area contributed by atoms with E-state index in [9.17, 15) is 7.77 Å². The zero-order valence-corrected chi connectivity index (χ0v) is 4.11. The Bertz CT molecular complexity index is 25.1. The van der Waals surface area contributed by atoms with Gasteiger partial charge in [0, 0.05) is 6.26 Å². The average molecular weight is 121 g/mol. The van der Waals surface area contributed by atoms with Crippen molar-refractivity contribution in [2.24, 2.45) is 0 Å². The lowest BCUT2D eigenvalue weighted by Crippen LogP contribution is -1.55. The molecule has 0 aliphatic carbocycles. The first-order valence-corrected chi connectivity index (χ1v) is 3.54. The van der Waals surface area contributed by atoms with Gasteiger partial charge in [0.1, 0.15) is 10.0 Å². The van der Waals surface area contributed by atoms with Gasteiger partial charge < -0.3 is 0 Å². The van der Waals surface area contributed by atoms with Crippen LogP contribution in [0.4, 0.5) is 7.77 Å². The Morgan fingerprint density at radius 3 is 1.60 bits per heavy atom. The smallest absolute Gasteiger partial charge is 0.136 e. The van der Waals surface area contributed by atoms with Crippen molar-refractivity contribution in [1.82, 2.24) is 0 Å². The van der Waals surface area contributed by atoms with Crippen LogP contribution in [0.25, 0.3) is 0 Å². The van der Waals surface area contributed by atoms with Crippen LogP contribution in [-0.2, 0) is 0 Å². The van der Waals surface area contributed by atoms with Gasteiger partial charge >= 0.3 is 0 Å². The third-order valence-corrected chi connectivity index (χ3v) is 0. The fraction of sp³-hybridized carbons (Fsp3) is 1.00. The number of hydrogen-bond acceptors (Lipinski definition) is 0. The van der Waals surface area contributed by atoms with E-state index in [-0.39, 0.29) is 0 Å². The summed E-state index contributed by atoms with van der Waals surface area (Å²) < 4.78 is 21.7. The lowest BCUT2D eigenvalue weighted by Gasteiger charge is -1.97. The average Bonchev–Trinajstić information content (AvgIpc) is 0.722. The predicted octanol–water partition coefficient (Wildman–Crippen LogP) is 2.34.